The Bertz CT molecular complexity index is 1310. The first-order chi connectivity index (χ1) is 16.7. The van der Waals surface area contributed by atoms with E-state index in [2.05, 4.69) is 5.32 Å². The highest BCUT2D eigenvalue weighted by atomic mass is 35.5. The van der Waals surface area contributed by atoms with E-state index in [4.69, 9.17) is 23.2 Å². The van der Waals surface area contributed by atoms with Crippen LogP contribution in [0.5, 0.6) is 0 Å². The number of rotatable bonds is 5. The Morgan fingerprint density at radius 2 is 1.66 bits per heavy atom. The van der Waals surface area contributed by atoms with Gasteiger partial charge in [0.1, 0.15) is 5.82 Å². The van der Waals surface area contributed by atoms with Gasteiger partial charge in [-0.25, -0.2) is 4.39 Å². The number of amides is 2. The van der Waals surface area contributed by atoms with Gasteiger partial charge >= 0.3 is 0 Å². The quantitative estimate of drug-likeness (QED) is 0.368. The number of hydrogen-bond donors (Lipinski definition) is 1. The third-order valence-corrected chi connectivity index (χ3v) is 6.17. The van der Waals surface area contributed by atoms with Gasteiger partial charge in [0.25, 0.3) is 17.5 Å². The Morgan fingerprint density at radius 1 is 0.943 bits per heavy atom. The maximum Gasteiger partial charge on any atom is 0.270 e. The Hall–Kier alpha value is -3.69. The van der Waals surface area contributed by atoms with Crippen LogP contribution in [0.15, 0.2) is 60.7 Å². The first-order valence-electron chi connectivity index (χ1n) is 10.6. The number of piperazine rings is 1. The zero-order valence-electron chi connectivity index (χ0n) is 18.2. The van der Waals surface area contributed by atoms with Crippen LogP contribution in [0, 0.1) is 15.9 Å². The second kappa shape index (κ2) is 10.3. The molecule has 1 N–H and O–H groups in total. The lowest BCUT2D eigenvalue weighted by Crippen LogP contribution is -2.49. The number of anilines is 2. The predicted molar refractivity (Wildman–Crippen MR) is 132 cm³/mol. The molecule has 0 radical (unpaired) electrons. The summed E-state index contributed by atoms with van der Waals surface area (Å²) >= 11 is 12.3. The number of non-ortho nitro benzene ring substituents is 1. The number of nitro benzene ring substituents is 1. The van der Waals surface area contributed by atoms with Crippen LogP contribution >= 0.6 is 23.2 Å². The van der Waals surface area contributed by atoms with Crippen LogP contribution in [0.4, 0.5) is 21.5 Å². The molecule has 4 rings (SSSR count). The Kier molecular flexibility index (Phi) is 7.18. The van der Waals surface area contributed by atoms with E-state index in [9.17, 15) is 24.1 Å². The number of carbonyl (C=O) groups excluding carboxylic acids is 2. The van der Waals surface area contributed by atoms with Crippen LogP contribution in [0.1, 0.15) is 20.7 Å². The number of nitrogens with one attached hydrogen (secondary N) is 1. The van der Waals surface area contributed by atoms with Gasteiger partial charge in [-0.1, -0.05) is 35.3 Å². The van der Waals surface area contributed by atoms with Crippen LogP contribution in [0.2, 0.25) is 10.0 Å². The Labute approximate surface area is 210 Å². The second-order valence-corrected chi connectivity index (χ2v) is 8.64. The van der Waals surface area contributed by atoms with Gasteiger partial charge in [0, 0.05) is 43.3 Å². The summed E-state index contributed by atoms with van der Waals surface area (Å²) in [5.41, 5.74) is 0.978. The van der Waals surface area contributed by atoms with Crippen molar-refractivity contribution in [3.05, 3.63) is 97.8 Å². The van der Waals surface area contributed by atoms with Crippen LogP contribution < -0.4 is 10.2 Å². The van der Waals surface area contributed by atoms with Gasteiger partial charge in [0.2, 0.25) is 0 Å². The molecule has 1 aliphatic heterocycles. The van der Waals surface area contributed by atoms with E-state index in [1.165, 1.54) is 30.3 Å². The van der Waals surface area contributed by atoms with Crippen molar-refractivity contribution in [2.24, 2.45) is 0 Å². The highest BCUT2D eigenvalue weighted by Crippen LogP contribution is 2.32. The van der Waals surface area contributed by atoms with Crippen molar-refractivity contribution in [2.75, 3.05) is 36.4 Å². The molecule has 0 aliphatic carbocycles. The highest BCUT2D eigenvalue weighted by Gasteiger charge is 2.26. The molecule has 180 valence electrons. The van der Waals surface area contributed by atoms with Crippen LogP contribution in [-0.4, -0.2) is 47.8 Å². The van der Waals surface area contributed by atoms with Crippen molar-refractivity contribution in [2.45, 2.75) is 0 Å². The fourth-order valence-electron chi connectivity index (χ4n) is 3.83. The van der Waals surface area contributed by atoms with E-state index >= 15 is 0 Å². The minimum absolute atomic E-state index is 0.0281. The number of carbonyl (C=O) groups is 2. The molecule has 0 saturated carbocycles. The Balaban J connectivity index is 1.50. The van der Waals surface area contributed by atoms with Crippen molar-refractivity contribution in [3.8, 4) is 0 Å². The summed E-state index contributed by atoms with van der Waals surface area (Å²) in [7, 11) is 0. The molecule has 0 spiro atoms. The summed E-state index contributed by atoms with van der Waals surface area (Å²) in [5.74, 6) is -1.49. The summed E-state index contributed by atoms with van der Waals surface area (Å²) in [4.78, 5) is 39.5. The normalized spacial score (nSPS) is 13.5. The minimum Gasteiger partial charge on any atom is -0.366 e. The summed E-state index contributed by atoms with van der Waals surface area (Å²) in [5, 5.41) is 14.0. The highest BCUT2D eigenvalue weighted by molar-refractivity contribution is 6.35. The average molecular weight is 517 g/mol. The zero-order valence-corrected chi connectivity index (χ0v) is 19.7. The monoisotopic (exact) mass is 516 g/mol. The molecule has 3 aromatic carbocycles. The molecule has 0 unspecified atom stereocenters. The fraction of sp³-hybridized carbons (Fsp3) is 0.167. The van der Waals surface area contributed by atoms with Crippen molar-refractivity contribution >= 4 is 52.1 Å². The number of nitro groups is 1. The number of nitrogens with zero attached hydrogens (tertiary/aromatic N) is 3. The minimum atomic E-state index is -0.598. The molecule has 0 aromatic heterocycles. The van der Waals surface area contributed by atoms with Gasteiger partial charge < -0.3 is 15.1 Å². The van der Waals surface area contributed by atoms with Gasteiger partial charge in [0.15, 0.2) is 0 Å². The molecule has 1 fully saturated rings. The van der Waals surface area contributed by atoms with E-state index in [1.807, 2.05) is 4.90 Å². The fourth-order valence-corrected chi connectivity index (χ4v) is 4.26. The standard InChI is InChI=1S/C24H19Cl2FN4O4/c25-15-5-8-22(21(13-15)28-23(32)17-7-6-16(31(34)35)14-19(17)26)29-9-11-30(12-10-29)24(33)18-3-1-2-4-20(18)27/h1-8,13-14H,9-12H2,(H,28,32). The smallest absolute Gasteiger partial charge is 0.270 e. The topological polar surface area (TPSA) is 95.8 Å². The van der Waals surface area contributed by atoms with E-state index in [-0.39, 0.29) is 27.7 Å². The van der Waals surface area contributed by atoms with Gasteiger partial charge in [-0.2, -0.15) is 0 Å². The van der Waals surface area contributed by atoms with Crippen LogP contribution in [0.25, 0.3) is 0 Å². The van der Waals surface area contributed by atoms with Gasteiger partial charge in [-0.3, -0.25) is 19.7 Å². The molecule has 1 aliphatic rings. The second-order valence-electron chi connectivity index (χ2n) is 7.80. The molecular formula is C24H19Cl2FN4O4. The molecular weight excluding hydrogens is 498 g/mol. The van der Waals surface area contributed by atoms with Gasteiger partial charge in [0.05, 0.1) is 32.4 Å². The lowest BCUT2D eigenvalue weighted by Gasteiger charge is -2.37. The lowest BCUT2D eigenvalue weighted by atomic mass is 10.1. The summed E-state index contributed by atoms with van der Waals surface area (Å²) < 4.78 is 14.0. The predicted octanol–water partition coefficient (Wildman–Crippen LogP) is 5.26. The number of benzene rings is 3. The molecule has 1 saturated heterocycles. The van der Waals surface area contributed by atoms with Crippen LogP contribution in [0.3, 0.4) is 0 Å². The Morgan fingerprint density at radius 3 is 2.31 bits per heavy atom. The maximum absolute atomic E-state index is 14.0. The van der Waals surface area contributed by atoms with Crippen molar-refractivity contribution in [3.63, 3.8) is 0 Å². The summed E-state index contributed by atoms with van der Waals surface area (Å²) in [6, 6.07) is 14.5. The van der Waals surface area contributed by atoms with E-state index < -0.39 is 16.6 Å². The third kappa shape index (κ3) is 5.36. The molecule has 8 nitrogen and oxygen atoms in total. The molecule has 35 heavy (non-hydrogen) atoms. The number of hydrogen-bond acceptors (Lipinski definition) is 5. The molecule has 1 heterocycles. The van der Waals surface area contributed by atoms with Gasteiger partial charge in [-0.05, 0) is 36.4 Å². The third-order valence-electron chi connectivity index (χ3n) is 5.63. The SMILES string of the molecule is O=C(Nc1cc(Cl)ccc1N1CCN(C(=O)c2ccccc2F)CC1)c1ccc([N+](=O)[O-])cc1Cl. The van der Waals surface area contributed by atoms with E-state index in [0.717, 1.165) is 6.07 Å². The molecule has 0 bridgehead atoms. The molecule has 0 atom stereocenters. The number of halogens is 3. The van der Waals surface area contributed by atoms with Crippen molar-refractivity contribution in [1.29, 1.82) is 0 Å². The van der Waals surface area contributed by atoms with Crippen LogP contribution in [-0.2, 0) is 0 Å². The molecule has 3 aromatic rings. The maximum atomic E-state index is 14.0. The molecule has 2 amide bonds. The van der Waals surface area contributed by atoms with Crippen molar-refractivity contribution in [1.82, 2.24) is 4.90 Å². The summed E-state index contributed by atoms with van der Waals surface area (Å²) in [6.45, 7) is 1.61. The van der Waals surface area contributed by atoms with E-state index in [1.54, 1.807) is 29.2 Å². The van der Waals surface area contributed by atoms with Gasteiger partial charge in [-0.15, -0.1) is 0 Å². The average Bonchev–Trinajstić information content (AvgIpc) is 2.84. The van der Waals surface area contributed by atoms with Crippen molar-refractivity contribution < 1.29 is 18.9 Å². The first kappa shape index (κ1) is 24.4. The zero-order chi connectivity index (χ0) is 25.1. The lowest BCUT2D eigenvalue weighted by molar-refractivity contribution is -0.384. The first-order valence-corrected chi connectivity index (χ1v) is 11.3. The molecule has 11 heteroatoms. The summed E-state index contributed by atoms with van der Waals surface area (Å²) in [6.07, 6.45) is 0. The largest absolute Gasteiger partial charge is 0.366 e. The van der Waals surface area contributed by atoms with E-state index in [0.29, 0.717) is 42.6 Å².